The van der Waals surface area contributed by atoms with E-state index in [4.69, 9.17) is 5.11 Å². The van der Waals surface area contributed by atoms with E-state index in [0.29, 0.717) is 5.56 Å². The van der Waals surface area contributed by atoms with Crippen LogP contribution in [0.25, 0.3) is 10.1 Å². The summed E-state index contributed by atoms with van der Waals surface area (Å²) in [6.45, 7) is 1.43. The van der Waals surface area contributed by atoms with Gasteiger partial charge in [0.05, 0.1) is 0 Å². The lowest BCUT2D eigenvalue weighted by Gasteiger charge is -2.09. The number of amides is 1. The first kappa shape index (κ1) is 11.6. The third kappa shape index (κ3) is 2.45. The summed E-state index contributed by atoms with van der Waals surface area (Å²) < 4.78 is 1.10. The molecule has 1 atom stereocenters. The number of carboxylic acid groups (broad SMARTS) is 1. The molecule has 88 valence electrons. The van der Waals surface area contributed by atoms with Crippen LogP contribution >= 0.6 is 11.3 Å². The average Bonchev–Trinajstić information content (AvgIpc) is 2.75. The maximum atomic E-state index is 11.8. The molecule has 17 heavy (non-hydrogen) atoms. The Bertz CT molecular complexity index is 576. The Morgan fingerprint density at radius 3 is 2.82 bits per heavy atom. The van der Waals surface area contributed by atoms with Crippen LogP contribution in [-0.2, 0) is 4.79 Å². The molecule has 1 heterocycles. The number of hydrogen-bond acceptors (Lipinski definition) is 3. The fourth-order valence-corrected chi connectivity index (χ4v) is 2.22. The van der Waals surface area contributed by atoms with E-state index in [9.17, 15) is 9.59 Å². The molecule has 4 nitrogen and oxygen atoms in total. The van der Waals surface area contributed by atoms with Crippen molar-refractivity contribution >= 4 is 33.3 Å². The van der Waals surface area contributed by atoms with E-state index in [0.717, 1.165) is 10.1 Å². The van der Waals surface area contributed by atoms with Crippen LogP contribution in [-0.4, -0.2) is 23.0 Å². The second-order valence-electron chi connectivity index (χ2n) is 3.71. The Morgan fingerprint density at radius 1 is 1.35 bits per heavy atom. The second kappa shape index (κ2) is 4.55. The van der Waals surface area contributed by atoms with Gasteiger partial charge in [-0.1, -0.05) is 0 Å². The third-order valence-corrected chi connectivity index (χ3v) is 3.33. The number of carbonyl (C=O) groups excluding carboxylic acids is 1. The van der Waals surface area contributed by atoms with Gasteiger partial charge in [-0.15, -0.1) is 11.3 Å². The fraction of sp³-hybridized carbons (Fsp3) is 0.167. The molecule has 1 aromatic carbocycles. The average molecular weight is 249 g/mol. The Kier molecular flexibility index (Phi) is 3.10. The predicted molar refractivity (Wildman–Crippen MR) is 66.4 cm³/mol. The summed E-state index contributed by atoms with van der Waals surface area (Å²) in [6, 6.07) is 6.36. The van der Waals surface area contributed by atoms with Gasteiger partial charge in [0.1, 0.15) is 6.04 Å². The summed E-state index contributed by atoms with van der Waals surface area (Å²) in [5.41, 5.74) is 0.476. The van der Waals surface area contributed by atoms with Gasteiger partial charge >= 0.3 is 5.97 Å². The van der Waals surface area contributed by atoms with Gasteiger partial charge in [-0.05, 0) is 42.0 Å². The van der Waals surface area contributed by atoms with Crippen LogP contribution in [0.3, 0.4) is 0 Å². The fourth-order valence-electron chi connectivity index (χ4n) is 1.45. The highest BCUT2D eigenvalue weighted by atomic mass is 32.1. The molecule has 0 spiro atoms. The van der Waals surface area contributed by atoms with Gasteiger partial charge in [-0.25, -0.2) is 0 Å². The van der Waals surface area contributed by atoms with Crippen molar-refractivity contribution in [2.24, 2.45) is 0 Å². The normalized spacial score (nSPS) is 12.3. The minimum absolute atomic E-state index is 0.368. The molecule has 0 unspecified atom stereocenters. The van der Waals surface area contributed by atoms with E-state index in [-0.39, 0.29) is 5.91 Å². The van der Waals surface area contributed by atoms with Crippen LogP contribution in [0.15, 0.2) is 29.6 Å². The van der Waals surface area contributed by atoms with Crippen molar-refractivity contribution in [3.63, 3.8) is 0 Å². The first-order valence-corrected chi connectivity index (χ1v) is 5.97. The summed E-state index contributed by atoms with van der Waals surface area (Å²) in [4.78, 5) is 22.4. The van der Waals surface area contributed by atoms with Gasteiger partial charge < -0.3 is 10.4 Å². The molecule has 0 aliphatic carbocycles. The Labute approximate surface area is 102 Å². The minimum Gasteiger partial charge on any atom is -0.480 e. The van der Waals surface area contributed by atoms with Crippen molar-refractivity contribution in [1.29, 1.82) is 0 Å². The second-order valence-corrected chi connectivity index (χ2v) is 4.65. The maximum Gasteiger partial charge on any atom is 0.325 e. The zero-order valence-corrected chi connectivity index (χ0v) is 9.95. The molecule has 0 aliphatic heterocycles. The third-order valence-electron chi connectivity index (χ3n) is 2.43. The molecule has 0 bridgehead atoms. The number of carboxylic acids is 1. The highest BCUT2D eigenvalue weighted by Crippen LogP contribution is 2.21. The molecule has 5 heteroatoms. The summed E-state index contributed by atoms with van der Waals surface area (Å²) in [5.74, 6) is -1.41. The Morgan fingerprint density at radius 2 is 2.12 bits per heavy atom. The van der Waals surface area contributed by atoms with Gasteiger partial charge in [-0.3, -0.25) is 9.59 Å². The first-order chi connectivity index (χ1) is 8.08. The number of benzene rings is 1. The first-order valence-electron chi connectivity index (χ1n) is 5.09. The predicted octanol–water partition coefficient (Wildman–Crippen LogP) is 2.10. The van der Waals surface area contributed by atoms with Crippen molar-refractivity contribution < 1.29 is 14.7 Å². The molecular formula is C12H11NO3S. The quantitative estimate of drug-likeness (QED) is 0.875. The molecule has 2 rings (SSSR count). The number of rotatable bonds is 3. The van der Waals surface area contributed by atoms with Crippen molar-refractivity contribution in [2.75, 3.05) is 0 Å². The van der Waals surface area contributed by atoms with Gasteiger partial charge in [-0.2, -0.15) is 0 Å². The Balaban J connectivity index is 2.21. The number of nitrogens with one attached hydrogen (secondary N) is 1. The van der Waals surface area contributed by atoms with Gasteiger partial charge in [0, 0.05) is 10.3 Å². The van der Waals surface area contributed by atoms with E-state index in [2.05, 4.69) is 5.32 Å². The van der Waals surface area contributed by atoms with E-state index < -0.39 is 12.0 Å². The van der Waals surface area contributed by atoms with Gasteiger partial charge in [0.15, 0.2) is 0 Å². The molecule has 1 amide bonds. The van der Waals surface area contributed by atoms with Crippen LogP contribution in [0.2, 0.25) is 0 Å². The van der Waals surface area contributed by atoms with Crippen LogP contribution in [0, 0.1) is 0 Å². The van der Waals surface area contributed by atoms with Gasteiger partial charge in [0.2, 0.25) is 0 Å². The largest absolute Gasteiger partial charge is 0.480 e. The molecule has 2 N–H and O–H groups in total. The van der Waals surface area contributed by atoms with Crippen LogP contribution in [0.5, 0.6) is 0 Å². The van der Waals surface area contributed by atoms with Crippen molar-refractivity contribution in [2.45, 2.75) is 13.0 Å². The highest BCUT2D eigenvalue weighted by molar-refractivity contribution is 7.17. The van der Waals surface area contributed by atoms with Gasteiger partial charge in [0.25, 0.3) is 5.91 Å². The number of thiophene rings is 1. The van der Waals surface area contributed by atoms with E-state index in [1.807, 2.05) is 17.5 Å². The minimum atomic E-state index is -1.05. The van der Waals surface area contributed by atoms with Crippen LogP contribution in [0.4, 0.5) is 0 Å². The SMILES string of the molecule is C[C@@H](NC(=O)c1ccc2sccc2c1)C(=O)O. The monoisotopic (exact) mass is 249 g/mol. The van der Waals surface area contributed by atoms with Crippen molar-refractivity contribution in [1.82, 2.24) is 5.32 Å². The van der Waals surface area contributed by atoms with Crippen LogP contribution < -0.4 is 5.32 Å². The lowest BCUT2D eigenvalue weighted by atomic mass is 10.1. The smallest absolute Gasteiger partial charge is 0.325 e. The molecule has 0 saturated heterocycles. The molecule has 0 fully saturated rings. The van der Waals surface area contributed by atoms with E-state index in [1.165, 1.54) is 6.92 Å². The van der Waals surface area contributed by atoms with Crippen molar-refractivity contribution in [3.8, 4) is 0 Å². The Hall–Kier alpha value is -1.88. The van der Waals surface area contributed by atoms with Crippen molar-refractivity contribution in [3.05, 3.63) is 35.2 Å². The number of aliphatic carboxylic acids is 1. The summed E-state index contributed by atoms with van der Waals surface area (Å²) in [7, 11) is 0. The summed E-state index contributed by atoms with van der Waals surface area (Å²) in [5, 5.41) is 14.1. The number of hydrogen-bond donors (Lipinski definition) is 2. The number of fused-ring (bicyclic) bond motifs is 1. The lowest BCUT2D eigenvalue weighted by Crippen LogP contribution is -2.38. The van der Waals surface area contributed by atoms with E-state index in [1.54, 1.807) is 23.5 Å². The molecule has 2 aromatic rings. The van der Waals surface area contributed by atoms with Crippen LogP contribution in [0.1, 0.15) is 17.3 Å². The summed E-state index contributed by atoms with van der Waals surface area (Å²) >= 11 is 1.60. The molecular weight excluding hydrogens is 238 g/mol. The highest BCUT2D eigenvalue weighted by Gasteiger charge is 2.15. The zero-order valence-electron chi connectivity index (χ0n) is 9.14. The molecule has 0 aliphatic rings. The summed E-state index contributed by atoms with van der Waals surface area (Å²) in [6.07, 6.45) is 0. The standard InChI is InChI=1S/C12H11NO3S/c1-7(12(15)16)13-11(14)9-2-3-10-8(6-9)4-5-17-10/h2-7H,1H3,(H,13,14)(H,15,16)/t7-/m1/s1. The molecule has 0 saturated carbocycles. The van der Waals surface area contributed by atoms with E-state index >= 15 is 0 Å². The molecule has 0 radical (unpaired) electrons. The lowest BCUT2D eigenvalue weighted by molar-refractivity contribution is -0.138. The molecule has 1 aromatic heterocycles. The zero-order chi connectivity index (χ0) is 12.4. The topological polar surface area (TPSA) is 66.4 Å². The number of carbonyl (C=O) groups is 2. The maximum absolute atomic E-state index is 11.8.